The fourth-order valence-electron chi connectivity index (χ4n) is 2.95. The molecule has 2 aromatic carbocycles. The Labute approximate surface area is 121 Å². The van der Waals surface area contributed by atoms with Crippen LogP contribution in [-0.4, -0.2) is 18.6 Å². The highest BCUT2D eigenvalue weighted by atomic mass is 14.9. The van der Waals surface area contributed by atoms with Crippen molar-refractivity contribution in [2.45, 2.75) is 24.8 Å². The molecule has 3 N–H and O–H groups in total. The Kier molecular flexibility index (Phi) is 3.86. The Morgan fingerprint density at radius 1 is 0.850 bits per heavy atom. The first-order valence-corrected chi connectivity index (χ1v) is 7.39. The van der Waals surface area contributed by atoms with Gasteiger partial charge in [0.2, 0.25) is 0 Å². The molecule has 2 heteroatoms. The molecule has 0 spiro atoms. The second kappa shape index (κ2) is 5.78. The van der Waals surface area contributed by atoms with Crippen molar-refractivity contribution in [3.05, 3.63) is 60.2 Å². The van der Waals surface area contributed by atoms with E-state index >= 15 is 0 Å². The Hall–Kier alpha value is -1.64. The molecular weight excluding hydrogens is 244 g/mol. The summed E-state index contributed by atoms with van der Waals surface area (Å²) in [5.41, 5.74) is 10.3. The van der Waals surface area contributed by atoms with Crippen molar-refractivity contribution < 1.29 is 0 Å². The molecule has 20 heavy (non-hydrogen) atoms. The van der Waals surface area contributed by atoms with Gasteiger partial charge in [0.1, 0.15) is 0 Å². The number of hydrogen-bond donors (Lipinski definition) is 2. The van der Waals surface area contributed by atoms with Gasteiger partial charge in [0.25, 0.3) is 0 Å². The topological polar surface area (TPSA) is 38.0 Å². The normalized spacial score (nSPS) is 17.9. The van der Waals surface area contributed by atoms with Crippen molar-refractivity contribution in [2.24, 2.45) is 5.73 Å². The summed E-state index contributed by atoms with van der Waals surface area (Å²) in [6.07, 6.45) is 3.10. The van der Waals surface area contributed by atoms with Gasteiger partial charge in [-0.1, -0.05) is 54.6 Å². The maximum Gasteiger partial charge on any atom is 0.0219 e. The van der Waals surface area contributed by atoms with E-state index < -0.39 is 0 Å². The van der Waals surface area contributed by atoms with Crippen LogP contribution in [0.3, 0.4) is 0 Å². The smallest absolute Gasteiger partial charge is 0.0219 e. The molecule has 0 radical (unpaired) electrons. The van der Waals surface area contributed by atoms with E-state index in [9.17, 15) is 0 Å². The van der Waals surface area contributed by atoms with Gasteiger partial charge in [0, 0.05) is 5.54 Å². The number of nitrogens with two attached hydrogens (primary N) is 1. The Morgan fingerprint density at radius 3 is 2.10 bits per heavy atom. The molecule has 1 aliphatic heterocycles. The van der Waals surface area contributed by atoms with Crippen LogP contribution in [0.1, 0.15) is 18.4 Å². The molecule has 1 saturated heterocycles. The van der Waals surface area contributed by atoms with Crippen LogP contribution in [-0.2, 0) is 6.42 Å². The van der Waals surface area contributed by atoms with Crippen LogP contribution in [0.5, 0.6) is 0 Å². The first-order valence-electron chi connectivity index (χ1n) is 7.39. The molecule has 3 rings (SSSR count). The van der Waals surface area contributed by atoms with Crippen LogP contribution in [0, 0.1) is 0 Å². The molecule has 1 aliphatic rings. The number of piperidine rings is 1. The van der Waals surface area contributed by atoms with Crippen LogP contribution in [0.2, 0.25) is 0 Å². The predicted octanol–water partition coefficient (Wildman–Crippen LogP) is 2.98. The molecule has 1 fully saturated rings. The minimum atomic E-state index is -0.0283. The molecule has 0 atom stereocenters. The Balaban J connectivity index is 1.73. The van der Waals surface area contributed by atoms with Gasteiger partial charge in [-0.2, -0.15) is 0 Å². The van der Waals surface area contributed by atoms with Crippen molar-refractivity contribution in [3.63, 3.8) is 0 Å². The third kappa shape index (κ3) is 3.09. The van der Waals surface area contributed by atoms with Gasteiger partial charge < -0.3 is 11.1 Å². The lowest BCUT2D eigenvalue weighted by Gasteiger charge is -2.34. The van der Waals surface area contributed by atoms with E-state index in [1.54, 1.807) is 0 Å². The first-order chi connectivity index (χ1) is 9.75. The lowest BCUT2D eigenvalue weighted by Crippen LogP contribution is -2.50. The van der Waals surface area contributed by atoms with Gasteiger partial charge in [0.05, 0.1) is 0 Å². The van der Waals surface area contributed by atoms with Gasteiger partial charge in [-0.15, -0.1) is 0 Å². The quantitative estimate of drug-likeness (QED) is 0.896. The van der Waals surface area contributed by atoms with Crippen LogP contribution in [0.4, 0.5) is 0 Å². The van der Waals surface area contributed by atoms with E-state index in [1.807, 2.05) is 6.07 Å². The summed E-state index contributed by atoms with van der Waals surface area (Å²) in [7, 11) is 0. The average Bonchev–Trinajstić information content (AvgIpc) is 2.49. The maximum atomic E-state index is 6.50. The molecule has 0 aliphatic carbocycles. The Bertz CT molecular complexity index is 539. The first kappa shape index (κ1) is 13.3. The SMILES string of the molecule is NC1(Cc2ccc(-c3ccccc3)cc2)CCNCC1. The van der Waals surface area contributed by atoms with E-state index in [0.717, 1.165) is 32.4 Å². The molecule has 1 heterocycles. The van der Waals surface area contributed by atoms with Gasteiger partial charge in [-0.25, -0.2) is 0 Å². The second-order valence-electron chi connectivity index (χ2n) is 5.85. The van der Waals surface area contributed by atoms with Crippen LogP contribution >= 0.6 is 0 Å². The molecule has 2 nitrogen and oxygen atoms in total. The van der Waals surface area contributed by atoms with Gasteiger partial charge in [0.15, 0.2) is 0 Å². The third-order valence-corrected chi connectivity index (χ3v) is 4.22. The molecule has 2 aromatic rings. The third-order valence-electron chi connectivity index (χ3n) is 4.22. The van der Waals surface area contributed by atoms with E-state index in [4.69, 9.17) is 5.73 Å². The minimum Gasteiger partial charge on any atom is -0.325 e. The number of hydrogen-bond acceptors (Lipinski definition) is 2. The summed E-state index contributed by atoms with van der Waals surface area (Å²) in [5.74, 6) is 0. The highest BCUT2D eigenvalue weighted by Crippen LogP contribution is 2.23. The van der Waals surface area contributed by atoms with Crippen molar-refractivity contribution in [2.75, 3.05) is 13.1 Å². The highest BCUT2D eigenvalue weighted by molar-refractivity contribution is 5.63. The van der Waals surface area contributed by atoms with Crippen molar-refractivity contribution in [1.82, 2.24) is 5.32 Å². The van der Waals surface area contributed by atoms with Crippen LogP contribution in [0.25, 0.3) is 11.1 Å². The summed E-state index contributed by atoms with van der Waals surface area (Å²) in [6.45, 7) is 2.08. The monoisotopic (exact) mass is 266 g/mol. The summed E-state index contributed by atoms with van der Waals surface area (Å²) >= 11 is 0. The largest absolute Gasteiger partial charge is 0.325 e. The van der Waals surface area contributed by atoms with E-state index in [2.05, 4.69) is 53.8 Å². The fraction of sp³-hybridized carbons (Fsp3) is 0.333. The lowest BCUT2D eigenvalue weighted by atomic mass is 9.83. The van der Waals surface area contributed by atoms with Crippen molar-refractivity contribution in [1.29, 1.82) is 0 Å². The minimum absolute atomic E-state index is 0.0283. The summed E-state index contributed by atoms with van der Waals surface area (Å²) in [6, 6.07) is 19.3. The average molecular weight is 266 g/mol. The van der Waals surface area contributed by atoms with E-state index in [-0.39, 0.29) is 5.54 Å². The van der Waals surface area contributed by atoms with E-state index in [0.29, 0.717) is 0 Å². The molecular formula is C18H22N2. The molecule has 0 amide bonds. The zero-order valence-electron chi connectivity index (χ0n) is 11.8. The summed E-state index contributed by atoms with van der Waals surface area (Å²) < 4.78 is 0. The summed E-state index contributed by atoms with van der Waals surface area (Å²) in [4.78, 5) is 0. The Morgan fingerprint density at radius 2 is 1.45 bits per heavy atom. The molecule has 0 unspecified atom stereocenters. The second-order valence-corrected chi connectivity index (χ2v) is 5.85. The number of nitrogens with one attached hydrogen (secondary N) is 1. The number of benzene rings is 2. The van der Waals surface area contributed by atoms with Crippen LogP contribution in [0.15, 0.2) is 54.6 Å². The van der Waals surface area contributed by atoms with Gasteiger partial charge in [-0.05, 0) is 49.0 Å². The zero-order valence-corrected chi connectivity index (χ0v) is 11.8. The number of rotatable bonds is 3. The van der Waals surface area contributed by atoms with Crippen molar-refractivity contribution in [3.8, 4) is 11.1 Å². The standard InChI is InChI=1S/C18H22N2/c19-18(10-12-20-13-11-18)14-15-6-8-17(9-7-15)16-4-2-1-3-5-16/h1-9,20H,10-14,19H2. The zero-order chi connectivity index (χ0) is 13.8. The van der Waals surface area contributed by atoms with Crippen LogP contribution < -0.4 is 11.1 Å². The predicted molar refractivity (Wildman–Crippen MR) is 84.6 cm³/mol. The van der Waals surface area contributed by atoms with E-state index in [1.165, 1.54) is 16.7 Å². The van der Waals surface area contributed by atoms with Gasteiger partial charge >= 0.3 is 0 Å². The molecule has 0 saturated carbocycles. The maximum absolute atomic E-state index is 6.50. The highest BCUT2D eigenvalue weighted by Gasteiger charge is 2.27. The molecule has 0 bridgehead atoms. The van der Waals surface area contributed by atoms with Gasteiger partial charge in [-0.3, -0.25) is 0 Å². The molecule has 104 valence electrons. The molecule has 0 aromatic heterocycles. The fourth-order valence-corrected chi connectivity index (χ4v) is 2.95. The summed E-state index contributed by atoms with van der Waals surface area (Å²) in [5, 5.41) is 3.38. The lowest BCUT2D eigenvalue weighted by molar-refractivity contribution is 0.308. The van der Waals surface area contributed by atoms with Crippen molar-refractivity contribution >= 4 is 0 Å².